The van der Waals surface area contributed by atoms with Crippen molar-refractivity contribution in [3.8, 4) is 5.75 Å². The average molecular weight is 351 g/mol. The molecule has 2 aromatic carbocycles. The summed E-state index contributed by atoms with van der Waals surface area (Å²) in [6, 6.07) is 18.2. The zero-order chi connectivity index (χ0) is 18.4. The first-order chi connectivity index (χ1) is 12.7. The SMILES string of the molecule is COc1ccccc1CNC(=O)[C@@H](C)[NH+]1CC=C(c2ccccc2)CC1. The lowest BCUT2D eigenvalue weighted by atomic mass is 9.99. The molecule has 0 aromatic heterocycles. The lowest BCUT2D eigenvalue weighted by molar-refractivity contribution is -0.909. The Morgan fingerprint density at radius 1 is 1.15 bits per heavy atom. The molecular weight excluding hydrogens is 324 g/mol. The monoisotopic (exact) mass is 351 g/mol. The molecule has 26 heavy (non-hydrogen) atoms. The van der Waals surface area contributed by atoms with Crippen LogP contribution in [0.3, 0.4) is 0 Å². The Labute approximate surface area is 155 Å². The summed E-state index contributed by atoms with van der Waals surface area (Å²) < 4.78 is 5.34. The van der Waals surface area contributed by atoms with Crippen LogP contribution < -0.4 is 15.0 Å². The number of ether oxygens (including phenoxy) is 1. The van der Waals surface area contributed by atoms with Crippen molar-refractivity contribution in [2.75, 3.05) is 20.2 Å². The van der Waals surface area contributed by atoms with Crippen molar-refractivity contribution < 1.29 is 14.4 Å². The molecule has 136 valence electrons. The summed E-state index contributed by atoms with van der Waals surface area (Å²) >= 11 is 0. The number of nitrogens with one attached hydrogen (secondary N) is 2. The first-order valence-electron chi connectivity index (χ1n) is 9.17. The Hall–Kier alpha value is -2.59. The van der Waals surface area contributed by atoms with Crippen molar-refractivity contribution in [3.63, 3.8) is 0 Å². The first kappa shape index (κ1) is 18.2. The minimum Gasteiger partial charge on any atom is -0.496 e. The van der Waals surface area contributed by atoms with Gasteiger partial charge < -0.3 is 15.0 Å². The van der Waals surface area contributed by atoms with E-state index in [4.69, 9.17) is 4.74 Å². The number of methoxy groups -OCH3 is 1. The van der Waals surface area contributed by atoms with Crippen molar-refractivity contribution in [1.82, 2.24) is 5.32 Å². The summed E-state index contributed by atoms with van der Waals surface area (Å²) in [6.45, 7) is 4.36. The van der Waals surface area contributed by atoms with E-state index in [9.17, 15) is 4.79 Å². The van der Waals surface area contributed by atoms with E-state index in [1.807, 2.05) is 37.3 Å². The highest BCUT2D eigenvalue weighted by atomic mass is 16.5. The number of carbonyl (C=O) groups excluding carboxylic acids is 1. The number of benzene rings is 2. The molecule has 0 saturated heterocycles. The van der Waals surface area contributed by atoms with E-state index in [0.29, 0.717) is 6.54 Å². The van der Waals surface area contributed by atoms with Crippen LogP contribution in [0.5, 0.6) is 5.75 Å². The van der Waals surface area contributed by atoms with E-state index in [1.165, 1.54) is 16.0 Å². The van der Waals surface area contributed by atoms with E-state index in [0.717, 1.165) is 30.8 Å². The highest BCUT2D eigenvalue weighted by Gasteiger charge is 2.26. The van der Waals surface area contributed by atoms with E-state index in [2.05, 4.69) is 35.7 Å². The molecule has 0 spiro atoms. The molecule has 1 heterocycles. The topological polar surface area (TPSA) is 42.8 Å². The quantitative estimate of drug-likeness (QED) is 0.837. The molecule has 1 unspecified atom stereocenters. The van der Waals surface area contributed by atoms with Crippen LogP contribution in [-0.4, -0.2) is 32.1 Å². The number of para-hydroxylation sites is 1. The molecule has 2 aromatic rings. The van der Waals surface area contributed by atoms with Crippen molar-refractivity contribution in [3.05, 3.63) is 71.8 Å². The van der Waals surface area contributed by atoms with E-state index in [-0.39, 0.29) is 11.9 Å². The fraction of sp³-hybridized carbons (Fsp3) is 0.318. The largest absolute Gasteiger partial charge is 0.496 e. The number of rotatable bonds is 6. The molecule has 1 aliphatic heterocycles. The Morgan fingerprint density at radius 3 is 2.58 bits per heavy atom. The molecule has 4 heteroatoms. The number of amides is 1. The van der Waals surface area contributed by atoms with E-state index >= 15 is 0 Å². The van der Waals surface area contributed by atoms with Gasteiger partial charge in [0.25, 0.3) is 5.91 Å². The molecule has 0 fully saturated rings. The molecule has 0 saturated carbocycles. The third kappa shape index (κ3) is 4.33. The molecule has 2 N–H and O–H groups in total. The Morgan fingerprint density at radius 2 is 1.88 bits per heavy atom. The normalized spacial score (nSPS) is 17.9. The molecule has 0 aliphatic carbocycles. The van der Waals surface area contributed by atoms with Crippen molar-refractivity contribution >= 4 is 11.5 Å². The van der Waals surface area contributed by atoms with Gasteiger partial charge in [-0.2, -0.15) is 0 Å². The molecular formula is C22H27N2O2+. The standard InChI is InChI=1S/C22H26N2O2/c1-17(22(25)23-16-20-10-6-7-11-21(20)26-2)24-14-12-19(13-15-24)18-8-4-3-5-9-18/h3-12,17H,13-16H2,1-2H3,(H,23,25)/p+1/t17-/m1/s1. The van der Waals surface area contributed by atoms with Gasteiger partial charge in [-0.05, 0) is 30.2 Å². The van der Waals surface area contributed by atoms with Gasteiger partial charge in [-0.25, -0.2) is 0 Å². The summed E-state index contributed by atoms with van der Waals surface area (Å²) in [5.74, 6) is 0.892. The Balaban J connectivity index is 1.55. The summed E-state index contributed by atoms with van der Waals surface area (Å²) in [6.07, 6.45) is 3.28. The zero-order valence-electron chi connectivity index (χ0n) is 15.5. The fourth-order valence-electron chi connectivity index (χ4n) is 3.43. The van der Waals surface area contributed by atoms with Crippen LogP contribution in [0.25, 0.3) is 5.57 Å². The predicted octanol–water partition coefficient (Wildman–Crippen LogP) is 2.07. The minimum absolute atomic E-state index is 0.0710. The van der Waals surface area contributed by atoms with Crippen LogP contribution in [0.15, 0.2) is 60.7 Å². The Kier molecular flexibility index (Phi) is 6.08. The lowest BCUT2D eigenvalue weighted by Gasteiger charge is -2.28. The van der Waals surface area contributed by atoms with Gasteiger partial charge in [-0.15, -0.1) is 0 Å². The molecule has 3 rings (SSSR count). The van der Waals surface area contributed by atoms with Crippen molar-refractivity contribution in [2.45, 2.75) is 25.9 Å². The van der Waals surface area contributed by atoms with Crippen LogP contribution >= 0.6 is 0 Å². The van der Waals surface area contributed by atoms with Gasteiger partial charge in [-0.1, -0.05) is 48.5 Å². The van der Waals surface area contributed by atoms with Crippen LogP contribution in [0.1, 0.15) is 24.5 Å². The Bertz CT molecular complexity index is 771. The molecule has 1 amide bonds. The van der Waals surface area contributed by atoms with Crippen molar-refractivity contribution in [2.24, 2.45) is 0 Å². The van der Waals surface area contributed by atoms with Crippen molar-refractivity contribution in [1.29, 1.82) is 0 Å². The van der Waals surface area contributed by atoms with Crippen LogP contribution in [0.2, 0.25) is 0 Å². The second kappa shape index (κ2) is 8.68. The smallest absolute Gasteiger partial charge is 0.278 e. The van der Waals surface area contributed by atoms with Crippen LogP contribution in [-0.2, 0) is 11.3 Å². The maximum Gasteiger partial charge on any atom is 0.278 e. The van der Waals surface area contributed by atoms with Gasteiger partial charge >= 0.3 is 0 Å². The zero-order valence-corrected chi connectivity index (χ0v) is 15.5. The van der Waals surface area contributed by atoms with Crippen LogP contribution in [0.4, 0.5) is 0 Å². The summed E-state index contributed by atoms with van der Waals surface area (Å²) in [5.41, 5.74) is 3.67. The van der Waals surface area contributed by atoms with Gasteiger partial charge in [0.15, 0.2) is 6.04 Å². The molecule has 0 radical (unpaired) electrons. The minimum atomic E-state index is -0.0710. The molecule has 2 atom stereocenters. The molecule has 4 nitrogen and oxygen atoms in total. The van der Waals surface area contributed by atoms with E-state index < -0.39 is 0 Å². The van der Waals surface area contributed by atoms with Gasteiger partial charge in [0.2, 0.25) is 0 Å². The molecule has 0 bridgehead atoms. The highest BCUT2D eigenvalue weighted by molar-refractivity contribution is 5.80. The third-order valence-corrected chi connectivity index (χ3v) is 5.12. The number of carbonyl (C=O) groups is 1. The number of quaternary nitrogens is 1. The molecule has 1 aliphatic rings. The maximum atomic E-state index is 12.6. The van der Waals surface area contributed by atoms with Gasteiger partial charge in [0.05, 0.1) is 20.2 Å². The third-order valence-electron chi connectivity index (χ3n) is 5.12. The number of hydrogen-bond acceptors (Lipinski definition) is 2. The fourth-order valence-corrected chi connectivity index (χ4v) is 3.43. The average Bonchev–Trinajstić information content (AvgIpc) is 2.72. The second-order valence-corrected chi connectivity index (χ2v) is 6.71. The van der Waals surface area contributed by atoms with Crippen LogP contribution in [0, 0.1) is 0 Å². The highest BCUT2D eigenvalue weighted by Crippen LogP contribution is 2.18. The predicted molar refractivity (Wildman–Crippen MR) is 104 cm³/mol. The summed E-state index contributed by atoms with van der Waals surface area (Å²) in [4.78, 5) is 13.9. The second-order valence-electron chi connectivity index (χ2n) is 6.71. The van der Waals surface area contributed by atoms with E-state index in [1.54, 1.807) is 7.11 Å². The maximum absolute atomic E-state index is 12.6. The van der Waals surface area contributed by atoms with Gasteiger partial charge in [0.1, 0.15) is 5.75 Å². The summed E-state index contributed by atoms with van der Waals surface area (Å²) in [7, 11) is 1.65. The lowest BCUT2D eigenvalue weighted by Crippen LogP contribution is -3.17. The first-order valence-corrected chi connectivity index (χ1v) is 9.17. The van der Waals surface area contributed by atoms with Gasteiger partial charge in [0, 0.05) is 18.5 Å². The van der Waals surface area contributed by atoms with Gasteiger partial charge in [-0.3, -0.25) is 4.79 Å². The summed E-state index contributed by atoms with van der Waals surface area (Å²) in [5, 5.41) is 3.05. The number of hydrogen-bond donors (Lipinski definition) is 2.